The highest BCUT2D eigenvalue weighted by Crippen LogP contribution is 2.29. The van der Waals surface area contributed by atoms with Crippen LogP contribution in [0.4, 0.5) is 4.39 Å². The van der Waals surface area contributed by atoms with Gasteiger partial charge in [-0.15, -0.1) is 11.3 Å². The summed E-state index contributed by atoms with van der Waals surface area (Å²) in [5, 5.41) is 6.69. The maximum atomic E-state index is 13.1. The molecule has 0 aliphatic heterocycles. The van der Waals surface area contributed by atoms with Crippen LogP contribution < -0.4 is 5.73 Å². The van der Waals surface area contributed by atoms with Crippen LogP contribution in [0.5, 0.6) is 0 Å². The highest BCUT2D eigenvalue weighted by atomic mass is 79.9. The van der Waals surface area contributed by atoms with Gasteiger partial charge in [-0.25, -0.2) is 9.37 Å². The van der Waals surface area contributed by atoms with Crippen LogP contribution >= 0.6 is 27.3 Å². The second kappa shape index (κ2) is 6.00. The first-order chi connectivity index (χ1) is 10.2. The molecule has 0 aliphatic rings. The van der Waals surface area contributed by atoms with E-state index in [2.05, 4.69) is 31.1 Å². The number of aromatic nitrogens is 3. The summed E-state index contributed by atoms with van der Waals surface area (Å²) in [5.74, 6) is 0.381. The van der Waals surface area contributed by atoms with Gasteiger partial charge in [0, 0.05) is 21.8 Å². The van der Waals surface area contributed by atoms with Crippen LogP contribution in [0.2, 0.25) is 0 Å². The lowest BCUT2D eigenvalue weighted by Gasteiger charge is -1.97. The zero-order valence-corrected chi connectivity index (χ0v) is 13.1. The van der Waals surface area contributed by atoms with Crippen LogP contribution in [0.1, 0.15) is 5.01 Å². The summed E-state index contributed by atoms with van der Waals surface area (Å²) in [7, 11) is 0. The Kier molecular flexibility index (Phi) is 4.09. The van der Waals surface area contributed by atoms with E-state index in [1.807, 2.05) is 5.38 Å². The van der Waals surface area contributed by atoms with Crippen molar-refractivity contribution in [3.8, 4) is 23.0 Å². The fraction of sp³-hybridized carbons (Fsp3) is 0.154. The van der Waals surface area contributed by atoms with Gasteiger partial charge in [-0.3, -0.25) is 0 Å². The molecule has 3 aromatic rings. The minimum Gasteiger partial charge on any atom is -0.332 e. The van der Waals surface area contributed by atoms with E-state index in [1.165, 1.54) is 23.5 Å². The number of rotatable bonds is 4. The number of thiazole rings is 1. The smallest absolute Gasteiger partial charge is 0.277 e. The molecule has 5 nitrogen and oxygen atoms in total. The Balaban J connectivity index is 1.91. The molecule has 0 fully saturated rings. The first-order valence-corrected chi connectivity index (χ1v) is 7.78. The van der Waals surface area contributed by atoms with Crippen molar-refractivity contribution in [1.29, 1.82) is 0 Å². The van der Waals surface area contributed by atoms with E-state index in [1.54, 1.807) is 6.07 Å². The SMILES string of the molecule is NCCc1nc(-c2nc(-c3ccc(F)cc3Br)no2)cs1. The van der Waals surface area contributed by atoms with Crippen LogP contribution in [0.15, 0.2) is 32.6 Å². The molecule has 3 rings (SSSR count). The van der Waals surface area contributed by atoms with Crippen LogP contribution in [0.3, 0.4) is 0 Å². The molecule has 0 bridgehead atoms. The Hall–Kier alpha value is -1.64. The Morgan fingerprint density at radius 2 is 2.19 bits per heavy atom. The standard InChI is InChI=1S/C13H10BrFN4OS/c14-9-5-7(15)1-2-8(9)12-18-13(20-19-12)10-6-21-11(17-10)3-4-16/h1-2,5-6H,3-4,16H2. The van der Waals surface area contributed by atoms with E-state index in [9.17, 15) is 4.39 Å². The average molecular weight is 369 g/mol. The topological polar surface area (TPSA) is 77.8 Å². The Bertz CT molecular complexity index is 773. The summed E-state index contributed by atoms with van der Waals surface area (Å²) in [4.78, 5) is 8.68. The Labute approximate surface area is 132 Å². The molecule has 0 aliphatic carbocycles. The van der Waals surface area contributed by atoms with Gasteiger partial charge in [0.15, 0.2) is 0 Å². The fourth-order valence-corrected chi connectivity index (χ4v) is 3.07. The van der Waals surface area contributed by atoms with Crippen molar-refractivity contribution in [2.24, 2.45) is 5.73 Å². The van der Waals surface area contributed by atoms with E-state index in [-0.39, 0.29) is 5.82 Å². The van der Waals surface area contributed by atoms with Crippen LogP contribution in [-0.2, 0) is 6.42 Å². The maximum Gasteiger partial charge on any atom is 0.277 e. The number of nitrogens with two attached hydrogens (primary N) is 1. The van der Waals surface area contributed by atoms with Gasteiger partial charge >= 0.3 is 0 Å². The second-order valence-corrected chi connectivity index (χ2v) is 6.01. The fourth-order valence-electron chi connectivity index (χ4n) is 1.76. The van der Waals surface area contributed by atoms with Crippen LogP contribution in [0.25, 0.3) is 23.0 Å². The van der Waals surface area contributed by atoms with Crippen molar-refractivity contribution < 1.29 is 8.91 Å². The summed E-state index contributed by atoms with van der Waals surface area (Å²) in [6, 6.07) is 4.29. The molecule has 0 saturated heterocycles. The normalized spacial score (nSPS) is 11.0. The van der Waals surface area contributed by atoms with Gasteiger partial charge in [-0.05, 0) is 40.7 Å². The summed E-state index contributed by atoms with van der Waals surface area (Å²) in [5.41, 5.74) is 6.78. The zero-order valence-electron chi connectivity index (χ0n) is 10.7. The molecular weight excluding hydrogens is 359 g/mol. The molecule has 21 heavy (non-hydrogen) atoms. The Morgan fingerprint density at radius 3 is 2.95 bits per heavy atom. The number of hydrogen-bond donors (Lipinski definition) is 1. The average Bonchev–Trinajstić information content (AvgIpc) is 3.08. The molecule has 0 amide bonds. The predicted octanol–water partition coefficient (Wildman–Crippen LogP) is 3.26. The molecular formula is C13H10BrFN4OS. The molecule has 2 aromatic heterocycles. The van der Waals surface area contributed by atoms with Crippen molar-refractivity contribution in [2.45, 2.75) is 6.42 Å². The van der Waals surface area contributed by atoms with Crippen LogP contribution in [0, 0.1) is 5.82 Å². The lowest BCUT2D eigenvalue weighted by atomic mass is 10.2. The Morgan fingerprint density at radius 1 is 1.33 bits per heavy atom. The molecule has 8 heteroatoms. The summed E-state index contributed by atoms with van der Waals surface area (Å²) in [6.45, 7) is 0.546. The lowest BCUT2D eigenvalue weighted by Crippen LogP contribution is -2.01. The van der Waals surface area contributed by atoms with Gasteiger partial charge in [-0.1, -0.05) is 5.16 Å². The van der Waals surface area contributed by atoms with Crippen molar-refractivity contribution in [3.63, 3.8) is 0 Å². The highest BCUT2D eigenvalue weighted by Gasteiger charge is 2.15. The van der Waals surface area contributed by atoms with Crippen molar-refractivity contribution in [3.05, 3.63) is 38.9 Å². The van der Waals surface area contributed by atoms with E-state index in [0.29, 0.717) is 34.0 Å². The predicted molar refractivity (Wildman–Crippen MR) is 81.3 cm³/mol. The molecule has 0 radical (unpaired) electrons. The van der Waals surface area contributed by atoms with Gasteiger partial charge in [0.1, 0.15) is 11.5 Å². The van der Waals surface area contributed by atoms with Crippen molar-refractivity contribution in [2.75, 3.05) is 6.54 Å². The molecule has 1 aromatic carbocycles. The largest absolute Gasteiger partial charge is 0.332 e. The van der Waals surface area contributed by atoms with Gasteiger partial charge < -0.3 is 10.3 Å². The molecule has 0 saturated carbocycles. The molecule has 0 atom stereocenters. The summed E-state index contributed by atoms with van der Waals surface area (Å²) < 4.78 is 18.9. The van der Waals surface area contributed by atoms with Gasteiger partial charge in [0.25, 0.3) is 5.89 Å². The maximum absolute atomic E-state index is 13.1. The van der Waals surface area contributed by atoms with E-state index in [0.717, 1.165) is 11.4 Å². The lowest BCUT2D eigenvalue weighted by molar-refractivity contribution is 0.431. The third-order valence-electron chi connectivity index (χ3n) is 2.73. The third-order valence-corrected chi connectivity index (χ3v) is 4.29. The quantitative estimate of drug-likeness (QED) is 0.764. The number of nitrogens with zero attached hydrogens (tertiary/aromatic N) is 3. The van der Waals surface area contributed by atoms with Gasteiger partial charge in [-0.2, -0.15) is 4.98 Å². The molecule has 0 spiro atoms. The number of halogens is 2. The minimum absolute atomic E-state index is 0.333. The molecule has 0 unspecified atom stereocenters. The minimum atomic E-state index is -0.333. The number of hydrogen-bond acceptors (Lipinski definition) is 6. The molecule has 2 N–H and O–H groups in total. The van der Waals surface area contributed by atoms with Gasteiger partial charge in [0.05, 0.1) is 5.01 Å². The number of benzene rings is 1. The summed E-state index contributed by atoms with van der Waals surface area (Å²) >= 11 is 4.79. The van der Waals surface area contributed by atoms with Crippen molar-refractivity contribution >= 4 is 27.3 Å². The van der Waals surface area contributed by atoms with Crippen LogP contribution in [-0.4, -0.2) is 21.7 Å². The first-order valence-electron chi connectivity index (χ1n) is 6.11. The van der Waals surface area contributed by atoms with Crippen molar-refractivity contribution in [1.82, 2.24) is 15.1 Å². The zero-order chi connectivity index (χ0) is 14.8. The van der Waals surface area contributed by atoms with E-state index in [4.69, 9.17) is 10.3 Å². The molecule has 2 heterocycles. The first kappa shape index (κ1) is 14.3. The van der Waals surface area contributed by atoms with E-state index >= 15 is 0 Å². The highest BCUT2D eigenvalue weighted by molar-refractivity contribution is 9.10. The second-order valence-electron chi connectivity index (χ2n) is 4.21. The monoisotopic (exact) mass is 368 g/mol. The summed E-state index contributed by atoms with van der Waals surface area (Å²) in [6.07, 6.45) is 0.717. The van der Waals surface area contributed by atoms with E-state index < -0.39 is 0 Å². The van der Waals surface area contributed by atoms with Gasteiger partial charge in [0.2, 0.25) is 5.82 Å². The third kappa shape index (κ3) is 3.02. The molecule has 108 valence electrons.